The number of hydrogen-bond acceptors (Lipinski definition) is 5. The number of benzene rings is 1. The van der Waals surface area contributed by atoms with Gasteiger partial charge in [-0.3, -0.25) is 4.79 Å². The maximum absolute atomic E-state index is 11.2. The Balaban J connectivity index is 2.04. The van der Waals surface area contributed by atoms with Gasteiger partial charge in [0.15, 0.2) is 12.4 Å². The van der Waals surface area contributed by atoms with Crippen LogP contribution in [0, 0.1) is 0 Å². The van der Waals surface area contributed by atoms with Gasteiger partial charge >= 0.3 is 0 Å². The van der Waals surface area contributed by atoms with Gasteiger partial charge in [-0.1, -0.05) is 12.1 Å². The maximum Gasteiger partial charge on any atom is 0.212 e. The van der Waals surface area contributed by atoms with Crippen molar-refractivity contribution >= 4 is 5.78 Å². The van der Waals surface area contributed by atoms with Gasteiger partial charge in [0.1, 0.15) is 5.75 Å². The molecule has 0 saturated carbocycles. The molecule has 0 spiro atoms. The van der Waals surface area contributed by atoms with E-state index in [0.29, 0.717) is 17.1 Å². The molecule has 2 rings (SSSR count). The number of ketones is 1. The highest BCUT2D eigenvalue weighted by Gasteiger charge is 2.04. The van der Waals surface area contributed by atoms with E-state index >= 15 is 0 Å². The molecule has 0 aliphatic rings. The molecule has 1 aromatic heterocycles. The summed E-state index contributed by atoms with van der Waals surface area (Å²) >= 11 is 0. The molecule has 6 heteroatoms. The number of aryl methyl sites for hydroxylation is 1. The van der Waals surface area contributed by atoms with Crippen LogP contribution in [0.15, 0.2) is 24.3 Å². The first-order valence-electron chi connectivity index (χ1n) is 5.12. The van der Waals surface area contributed by atoms with Gasteiger partial charge in [0, 0.05) is 5.56 Å². The molecule has 0 fully saturated rings. The zero-order valence-electron chi connectivity index (χ0n) is 9.62. The summed E-state index contributed by atoms with van der Waals surface area (Å²) in [5, 5.41) is 11.5. The van der Waals surface area contributed by atoms with Gasteiger partial charge in [-0.15, -0.1) is 10.2 Å². The first-order chi connectivity index (χ1) is 8.15. The Hall–Kier alpha value is -2.24. The fraction of sp³-hybridized carbons (Fsp3) is 0.273. The van der Waals surface area contributed by atoms with Crippen molar-refractivity contribution in [1.82, 2.24) is 20.2 Å². The molecule has 0 N–H and O–H groups in total. The Labute approximate surface area is 98.2 Å². The minimum absolute atomic E-state index is 0.00748. The molecular formula is C11H12N4O2. The van der Waals surface area contributed by atoms with E-state index in [-0.39, 0.29) is 12.4 Å². The Kier molecular flexibility index (Phi) is 3.13. The van der Waals surface area contributed by atoms with Crippen molar-refractivity contribution in [1.29, 1.82) is 0 Å². The highest BCUT2D eigenvalue weighted by Crippen LogP contribution is 2.14. The number of carbonyl (C=O) groups is 1. The number of rotatable bonds is 4. The van der Waals surface area contributed by atoms with E-state index in [1.165, 1.54) is 11.7 Å². The van der Waals surface area contributed by atoms with Crippen molar-refractivity contribution < 1.29 is 9.53 Å². The van der Waals surface area contributed by atoms with Crippen molar-refractivity contribution in [3.8, 4) is 5.75 Å². The normalized spacial score (nSPS) is 10.2. The second kappa shape index (κ2) is 4.73. The first-order valence-corrected chi connectivity index (χ1v) is 5.12. The topological polar surface area (TPSA) is 69.9 Å². The molecule has 0 radical (unpaired) electrons. The standard InChI is InChI=1S/C11H12N4O2/c1-8(16)9-4-3-5-10(6-9)17-7-11-12-14-15(2)13-11/h3-6H,7H2,1-2H3. The maximum atomic E-state index is 11.2. The summed E-state index contributed by atoms with van der Waals surface area (Å²) in [6, 6.07) is 6.99. The van der Waals surface area contributed by atoms with E-state index in [2.05, 4.69) is 15.4 Å². The lowest BCUT2D eigenvalue weighted by molar-refractivity contribution is 0.101. The number of carbonyl (C=O) groups excluding carboxylic acids is 1. The number of aromatic nitrogens is 4. The van der Waals surface area contributed by atoms with Crippen LogP contribution >= 0.6 is 0 Å². The summed E-state index contributed by atoms with van der Waals surface area (Å²) in [6.07, 6.45) is 0. The van der Waals surface area contributed by atoms with Crippen LogP contribution in [0.4, 0.5) is 0 Å². The van der Waals surface area contributed by atoms with E-state index in [4.69, 9.17) is 4.74 Å². The second-order valence-corrected chi connectivity index (χ2v) is 3.57. The molecule has 17 heavy (non-hydrogen) atoms. The lowest BCUT2D eigenvalue weighted by Gasteiger charge is -2.04. The van der Waals surface area contributed by atoms with Crippen molar-refractivity contribution in [3.63, 3.8) is 0 Å². The molecule has 0 atom stereocenters. The molecule has 6 nitrogen and oxygen atoms in total. The van der Waals surface area contributed by atoms with Gasteiger partial charge in [-0.2, -0.15) is 4.80 Å². The Morgan fingerprint density at radius 1 is 1.47 bits per heavy atom. The predicted molar refractivity (Wildman–Crippen MR) is 59.6 cm³/mol. The van der Waals surface area contributed by atoms with E-state index in [9.17, 15) is 4.79 Å². The third kappa shape index (κ3) is 2.87. The number of hydrogen-bond donors (Lipinski definition) is 0. The van der Waals surface area contributed by atoms with E-state index < -0.39 is 0 Å². The zero-order chi connectivity index (χ0) is 12.3. The van der Waals surface area contributed by atoms with Gasteiger partial charge in [0.2, 0.25) is 5.82 Å². The molecule has 1 heterocycles. The van der Waals surface area contributed by atoms with Gasteiger partial charge < -0.3 is 4.74 Å². The quantitative estimate of drug-likeness (QED) is 0.735. The first kappa shape index (κ1) is 11.3. The third-order valence-electron chi connectivity index (χ3n) is 2.16. The Morgan fingerprint density at radius 3 is 2.94 bits per heavy atom. The Bertz CT molecular complexity index is 536. The molecule has 0 unspecified atom stereocenters. The smallest absolute Gasteiger partial charge is 0.212 e. The van der Waals surface area contributed by atoms with E-state index in [0.717, 1.165) is 0 Å². The van der Waals surface area contributed by atoms with Gasteiger partial charge in [-0.05, 0) is 24.3 Å². The van der Waals surface area contributed by atoms with Crippen LogP contribution in [-0.2, 0) is 13.7 Å². The van der Waals surface area contributed by atoms with E-state index in [1.807, 2.05) is 0 Å². The molecule has 0 aliphatic heterocycles. The van der Waals surface area contributed by atoms with Crippen LogP contribution in [0.25, 0.3) is 0 Å². The minimum Gasteiger partial charge on any atom is -0.485 e. The Morgan fingerprint density at radius 2 is 2.29 bits per heavy atom. The van der Waals surface area contributed by atoms with Crippen molar-refractivity contribution in [2.45, 2.75) is 13.5 Å². The zero-order valence-corrected chi connectivity index (χ0v) is 9.62. The van der Waals surface area contributed by atoms with Crippen LogP contribution in [0.2, 0.25) is 0 Å². The number of tetrazole rings is 1. The van der Waals surface area contributed by atoms with Crippen molar-refractivity contribution in [2.75, 3.05) is 0 Å². The summed E-state index contributed by atoms with van der Waals surface area (Å²) < 4.78 is 5.47. The summed E-state index contributed by atoms with van der Waals surface area (Å²) in [5.41, 5.74) is 0.620. The fourth-order valence-corrected chi connectivity index (χ4v) is 1.33. The minimum atomic E-state index is 0.00748. The van der Waals surface area contributed by atoms with Crippen LogP contribution in [0.5, 0.6) is 5.75 Å². The van der Waals surface area contributed by atoms with Crippen molar-refractivity contribution in [2.24, 2.45) is 7.05 Å². The van der Waals surface area contributed by atoms with Gasteiger partial charge in [-0.25, -0.2) is 0 Å². The molecule has 0 aliphatic carbocycles. The monoisotopic (exact) mass is 232 g/mol. The molecule has 88 valence electrons. The largest absolute Gasteiger partial charge is 0.485 e. The lowest BCUT2D eigenvalue weighted by Crippen LogP contribution is -2.00. The average molecular weight is 232 g/mol. The summed E-state index contributed by atoms with van der Waals surface area (Å²) in [7, 11) is 1.69. The molecule has 2 aromatic rings. The number of Topliss-reactive ketones (excluding diaryl/α,β-unsaturated/α-hetero) is 1. The summed E-state index contributed by atoms with van der Waals surface area (Å²) in [5.74, 6) is 1.12. The molecule has 1 aromatic carbocycles. The van der Waals surface area contributed by atoms with E-state index in [1.54, 1.807) is 31.3 Å². The second-order valence-electron chi connectivity index (χ2n) is 3.57. The average Bonchev–Trinajstić information content (AvgIpc) is 2.73. The van der Waals surface area contributed by atoms with Gasteiger partial charge in [0.05, 0.1) is 7.05 Å². The van der Waals surface area contributed by atoms with Crippen LogP contribution < -0.4 is 4.74 Å². The summed E-state index contributed by atoms with van der Waals surface area (Å²) in [4.78, 5) is 12.5. The predicted octanol–water partition coefficient (Wildman–Crippen LogP) is 0.992. The SMILES string of the molecule is CC(=O)c1cccc(OCc2nnn(C)n2)c1. The number of nitrogens with zero attached hydrogens (tertiary/aromatic N) is 4. The third-order valence-corrected chi connectivity index (χ3v) is 2.16. The molecule has 0 amide bonds. The number of ether oxygens (including phenoxy) is 1. The lowest BCUT2D eigenvalue weighted by atomic mass is 10.1. The fourth-order valence-electron chi connectivity index (χ4n) is 1.33. The molecule has 0 saturated heterocycles. The molecule has 0 bridgehead atoms. The van der Waals surface area contributed by atoms with Crippen LogP contribution in [0.3, 0.4) is 0 Å². The summed E-state index contributed by atoms with van der Waals surface area (Å²) in [6.45, 7) is 1.75. The van der Waals surface area contributed by atoms with Crippen LogP contribution in [0.1, 0.15) is 23.1 Å². The molecular weight excluding hydrogens is 220 g/mol. The van der Waals surface area contributed by atoms with Gasteiger partial charge in [0.25, 0.3) is 0 Å². The highest BCUT2D eigenvalue weighted by atomic mass is 16.5. The highest BCUT2D eigenvalue weighted by molar-refractivity contribution is 5.94. The van der Waals surface area contributed by atoms with Crippen LogP contribution in [-0.4, -0.2) is 26.0 Å². The van der Waals surface area contributed by atoms with Crippen molar-refractivity contribution in [3.05, 3.63) is 35.7 Å².